The van der Waals surface area contributed by atoms with Crippen LogP contribution in [0.1, 0.15) is 11.1 Å². The summed E-state index contributed by atoms with van der Waals surface area (Å²) < 4.78 is 2.53. The highest BCUT2D eigenvalue weighted by Crippen LogP contribution is 2.19. The van der Waals surface area contributed by atoms with Crippen molar-refractivity contribution in [2.45, 2.75) is 6.92 Å². The number of hydrogen-bond acceptors (Lipinski definition) is 2. The number of hydrazone groups is 1. The minimum atomic E-state index is 0.991. The zero-order valence-corrected chi connectivity index (χ0v) is 14.1. The molecule has 18 heavy (non-hydrogen) atoms. The lowest BCUT2D eigenvalue weighted by Gasteiger charge is -2.03. The molecule has 0 fully saturated rings. The highest BCUT2D eigenvalue weighted by Gasteiger charge is 2.01. The normalized spacial score (nSPS) is 10.8. The van der Waals surface area contributed by atoms with Crippen LogP contribution in [0.4, 0.5) is 5.69 Å². The van der Waals surface area contributed by atoms with Crippen molar-refractivity contribution in [3.05, 3.63) is 60.7 Å². The van der Waals surface area contributed by atoms with Gasteiger partial charge < -0.3 is 0 Å². The summed E-state index contributed by atoms with van der Waals surface area (Å²) >= 11 is 4.70. The number of nitrogens with zero attached hydrogens (tertiary/aromatic N) is 1. The van der Waals surface area contributed by atoms with Gasteiger partial charge in [-0.05, 0) is 87.5 Å². The van der Waals surface area contributed by atoms with E-state index in [1.54, 1.807) is 0 Å². The zero-order valence-electron chi connectivity index (χ0n) is 9.82. The molecule has 0 heterocycles. The smallest absolute Gasteiger partial charge is 0.0561 e. The number of para-hydroxylation sites is 1. The van der Waals surface area contributed by atoms with Crippen LogP contribution in [0, 0.1) is 14.1 Å². The summed E-state index contributed by atoms with van der Waals surface area (Å²) in [5.74, 6) is 0. The van der Waals surface area contributed by atoms with Gasteiger partial charge in [0.15, 0.2) is 0 Å². The minimum Gasteiger partial charge on any atom is -0.279 e. The van der Waals surface area contributed by atoms with Crippen molar-refractivity contribution in [3.63, 3.8) is 0 Å². The van der Waals surface area contributed by atoms with Crippen LogP contribution in [0.2, 0.25) is 0 Å². The highest BCUT2D eigenvalue weighted by atomic mass is 127. The van der Waals surface area contributed by atoms with Crippen molar-refractivity contribution in [1.82, 2.24) is 0 Å². The van der Waals surface area contributed by atoms with Gasteiger partial charge in [-0.2, -0.15) is 5.10 Å². The first-order valence-corrected chi connectivity index (χ1v) is 7.62. The number of nitrogens with one attached hydrogen (secondary N) is 1. The van der Waals surface area contributed by atoms with E-state index in [-0.39, 0.29) is 0 Å². The first-order valence-electron chi connectivity index (χ1n) is 5.46. The third kappa shape index (κ3) is 3.68. The van der Waals surface area contributed by atoms with Gasteiger partial charge >= 0.3 is 0 Å². The Morgan fingerprint density at radius 3 is 2.28 bits per heavy atom. The monoisotopic (exact) mass is 462 g/mol. The quantitative estimate of drug-likeness (QED) is 0.401. The van der Waals surface area contributed by atoms with Crippen molar-refractivity contribution in [2.24, 2.45) is 5.10 Å². The molecule has 2 aromatic rings. The van der Waals surface area contributed by atoms with E-state index < -0.39 is 0 Å². The van der Waals surface area contributed by atoms with Crippen molar-refractivity contribution in [1.29, 1.82) is 0 Å². The molecule has 0 aliphatic heterocycles. The molecular formula is C14H12I2N2. The second-order valence-corrected chi connectivity index (χ2v) is 6.17. The maximum Gasteiger partial charge on any atom is 0.0561 e. The third-order valence-corrected chi connectivity index (χ3v) is 4.73. The Labute approximate surface area is 134 Å². The standard InChI is InChI=1S/C14H12I2N2/c1-10-13(15)7-11(8-14(10)16)9-17-18-12-5-3-2-4-6-12/h2-9,18H,1H3/b17-9+. The molecule has 0 aromatic heterocycles. The fourth-order valence-electron chi connectivity index (χ4n) is 1.43. The summed E-state index contributed by atoms with van der Waals surface area (Å²) in [5, 5.41) is 4.24. The minimum absolute atomic E-state index is 0.991. The predicted octanol–water partition coefficient (Wildman–Crippen LogP) is 4.65. The van der Waals surface area contributed by atoms with Crippen LogP contribution < -0.4 is 5.43 Å². The number of halogens is 2. The van der Waals surface area contributed by atoms with E-state index in [0.29, 0.717) is 0 Å². The first kappa shape index (κ1) is 13.8. The molecule has 2 rings (SSSR count). The van der Waals surface area contributed by atoms with E-state index >= 15 is 0 Å². The van der Waals surface area contributed by atoms with Crippen LogP contribution in [0.5, 0.6) is 0 Å². The molecule has 92 valence electrons. The average molecular weight is 462 g/mol. The lowest BCUT2D eigenvalue weighted by molar-refractivity contribution is 1.34. The van der Waals surface area contributed by atoms with Gasteiger partial charge in [0, 0.05) is 7.14 Å². The van der Waals surface area contributed by atoms with E-state index in [2.05, 4.69) is 74.8 Å². The molecule has 4 heteroatoms. The van der Waals surface area contributed by atoms with E-state index in [1.807, 2.05) is 36.5 Å². The van der Waals surface area contributed by atoms with Crippen LogP contribution in [-0.4, -0.2) is 6.21 Å². The van der Waals surface area contributed by atoms with Crippen molar-refractivity contribution in [3.8, 4) is 0 Å². The number of hydrogen-bond donors (Lipinski definition) is 1. The summed E-state index contributed by atoms with van der Waals surface area (Å²) in [6.45, 7) is 2.13. The predicted molar refractivity (Wildman–Crippen MR) is 94.3 cm³/mol. The highest BCUT2D eigenvalue weighted by molar-refractivity contribution is 14.1. The van der Waals surface area contributed by atoms with E-state index in [4.69, 9.17) is 0 Å². The molecule has 0 saturated carbocycles. The van der Waals surface area contributed by atoms with E-state index in [9.17, 15) is 0 Å². The number of benzene rings is 2. The molecule has 2 nitrogen and oxygen atoms in total. The Hall–Kier alpha value is -0.630. The molecule has 0 aliphatic rings. The van der Waals surface area contributed by atoms with Crippen molar-refractivity contribution in [2.75, 3.05) is 5.43 Å². The topological polar surface area (TPSA) is 24.4 Å². The maximum atomic E-state index is 4.24. The van der Waals surface area contributed by atoms with Crippen LogP contribution in [0.25, 0.3) is 0 Å². The molecule has 1 N–H and O–H groups in total. The molecule has 0 radical (unpaired) electrons. The molecule has 0 saturated heterocycles. The lowest BCUT2D eigenvalue weighted by atomic mass is 10.2. The second kappa shape index (κ2) is 6.51. The zero-order chi connectivity index (χ0) is 13.0. The van der Waals surface area contributed by atoms with Crippen molar-refractivity contribution >= 4 is 57.1 Å². The SMILES string of the molecule is Cc1c(I)cc(/C=N/Nc2ccccc2)cc1I. The molecule has 0 aliphatic carbocycles. The summed E-state index contributed by atoms with van der Waals surface area (Å²) in [7, 11) is 0. The van der Waals surface area contributed by atoms with Gasteiger partial charge in [-0.1, -0.05) is 18.2 Å². The Morgan fingerprint density at radius 2 is 1.67 bits per heavy atom. The van der Waals surface area contributed by atoms with Gasteiger partial charge in [0.1, 0.15) is 0 Å². The lowest BCUT2D eigenvalue weighted by Crippen LogP contribution is -1.93. The molecule has 0 atom stereocenters. The van der Waals surface area contributed by atoms with Gasteiger partial charge in [0.05, 0.1) is 11.9 Å². The van der Waals surface area contributed by atoms with Gasteiger partial charge in [-0.3, -0.25) is 5.43 Å². The molecule has 0 bridgehead atoms. The number of anilines is 1. The second-order valence-electron chi connectivity index (χ2n) is 3.85. The van der Waals surface area contributed by atoms with E-state index in [0.717, 1.165) is 11.3 Å². The summed E-state index contributed by atoms with van der Waals surface area (Å²) in [6.07, 6.45) is 1.84. The number of rotatable bonds is 3. The Kier molecular flexibility index (Phi) is 4.99. The van der Waals surface area contributed by atoms with Gasteiger partial charge in [0.25, 0.3) is 0 Å². The van der Waals surface area contributed by atoms with Gasteiger partial charge in [-0.25, -0.2) is 0 Å². The summed E-state index contributed by atoms with van der Waals surface area (Å²) in [4.78, 5) is 0. The van der Waals surface area contributed by atoms with Crippen LogP contribution in [-0.2, 0) is 0 Å². The first-order chi connectivity index (χ1) is 8.66. The largest absolute Gasteiger partial charge is 0.279 e. The Morgan fingerprint density at radius 1 is 1.06 bits per heavy atom. The van der Waals surface area contributed by atoms with Gasteiger partial charge in [0.2, 0.25) is 0 Å². The average Bonchev–Trinajstić information content (AvgIpc) is 2.37. The molecule has 0 amide bonds. The summed E-state index contributed by atoms with van der Waals surface area (Å²) in [6, 6.07) is 14.2. The Bertz CT molecular complexity index is 542. The molecule has 0 spiro atoms. The summed E-state index contributed by atoms with van der Waals surface area (Å²) in [5.41, 5.74) is 6.43. The van der Waals surface area contributed by atoms with Crippen molar-refractivity contribution < 1.29 is 0 Å². The van der Waals surface area contributed by atoms with E-state index in [1.165, 1.54) is 12.7 Å². The molecule has 0 unspecified atom stereocenters. The molecular weight excluding hydrogens is 450 g/mol. The maximum absolute atomic E-state index is 4.24. The van der Waals surface area contributed by atoms with Crippen LogP contribution in [0.3, 0.4) is 0 Å². The van der Waals surface area contributed by atoms with Gasteiger partial charge in [-0.15, -0.1) is 0 Å². The third-order valence-electron chi connectivity index (χ3n) is 2.48. The fourth-order valence-corrected chi connectivity index (χ4v) is 3.25. The fraction of sp³-hybridized carbons (Fsp3) is 0.0714. The molecule has 2 aromatic carbocycles. The van der Waals surface area contributed by atoms with Crippen LogP contribution in [0.15, 0.2) is 47.6 Å². The Balaban J connectivity index is 2.10. The van der Waals surface area contributed by atoms with Crippen LogP contribution >= 0.6 is 45.2 Å².